The van der Waals surface area contributed by atoms with Gasteiger partial charge in [0.05, 0.1) is 0 Å². The summed E-state index contributed by atoms with van der Waals surface area (Å²) in [7, 11) is 0. The summed E-state index contributed by atoms with van der Waals surface area (Å²) in [6.07, 6.45) is 16.8. The van der Waals surface area contributed by atoms with Gasteiger partial charge in [-0.15, -0.1) is 0 Å². The van der Waals surface area contributed by atoms with E-state index in [1.807, 2.05) is 5.57 Å². The molecule has 0 aliphatic heterocycles. The predicted molar refractivity (Wildman–Crippen MR) is 94.6 cm³/mol. The van der Waals surface area contributed by atoms with Crippen LogP contribution >= 0.6 is 0 Å². The Hall–Kier alpha value is -0.520. The van der Waals surface area contributed by atoms with Crippen molar-refractivity contribution < 1.29 is 0 Å². The van der Waals surface area contributed by atoms with Crippen LogP contribution in [0.25, 0.3) is 0 Å². The molecule has 4 rings (SSSR count). The zero-order chi connectivity index (χ0) is 15.5. The maximum atomic E-state index is 2.69. The summed E-state index contributed by atoms with van der Waals surface area (Å²) in [5.41, 5.74) is 4.72. The van der Waals surface area contributed by atoms with E-state index < -0.39 is 0 Å². The second kappa shape index (κ2) is 4.99. The highest BCUT2D eigenvalue weighted by Gasteiger charge is 2.56. The summed E-state index contributed by atoms with van der Waals surface area (Å²) in [5, 5.41) is 0. The monoisotopic (exact) mass is 298 g/mol. The van der Waals surface area contributed by atoms with Gasteiger partial charge in [-0.1, -0.05) is 57.4 Å². The van der Waals surface area contributed by atoms with Gasteiger partial charge in [-0.25, -0.2) is 0 Å². The molecule has 0 aromatic carbocycles. The molecule has 2 fully saturated rings. The maximum Gasteiger partial charge on any atom is -0.00797 e. The lowest BCUT2D eigenvalue weighted by molar-refractivity contribution is -0.0190. The number of allylic oxidation sites excluding steroid dienone is 4. The van der Waals surface area contributed by atoms with Crippen LogP contribution in [0, 0.1) is 34.5 Å². The van der Waals surface area contributed by atoms with Crippen molar-refractivity contribution in [1.29, 1.82) is 0 Å². The molecule has 0 aromatic heterocycles. The minimum Gasteiger partial charge on any atom is -0.0845 e. The largest absolute Gasteiger partial charge is 0.0845 e. The van der Waals surface area contributed by atoms with Gasteiger partial charge in [0, 0.05) is 0 Å². The first-order valence-electron chi connectivity index (χ1n) is 9.87. The summed E-state index contributed by atoms with van der Waals surface area (Å²) in [6, 6.07) is 0. The van der Waals surface area contributed by atoms with Crippen molar-refractivity contribution in [3.63, 3.8) is 0 Å². The third-order valence-electron chi connectivity index (χ3n) is 8.28. The van der Waals surface area contributed by atoms with Crippen molar-refractivity contribution in [2.75, 3.05) is 0 Å². The molecule has 2 saturated carbocycles. The average Bonchev–Trinajstić information content (AvgIpc) is 2.84. The van der Waals surface area contributed by atoms with Gasteiger partial charge in [-0.3, -0.25) is 0 Å². The Morgan fingerprint density at radius 2 is 1.77 bits per heavy atom. The van der Waals surface area contributed by atoms with Gasteiger partial charge in [0.2, 0.25) is 0 Å². The predicted octanol–water partition coefficient (Wildman–Crippen LogP) is 6.53. The van der Waals surface area contributed by atoms with Crippen molar-refractivity contribution in [1.82, 2.24) is 0 Å². The molecule has 0 heteroatoms. The maximum absolute atomic E-state index is 2.69. The SMILES string of the molecule is CC(C)C1=CC[C@H]2[C@@H]3CC=C4CCCC[C@]4(C)[C@H]3CC[C@]12C. The van der Waals surface area contributed by atoms with Crippen LogP contribution in [-0.2, 0) is 0 Å². The van der Waals surface area contributed by atoms with Gasteiger partial charge < -0.3 is 0 Å². The lowest BCUT2D eigenvalue weighted by atomic mass is 9.47. The first-order chi connectivity index (χ1) is 10.5. The number of fused-ring (bicyclic) bond motifs is 5. The molecule has 0 unspecified atom stereocenters. The topological polar surface area (TPSA) is 0 Å². The second-order valence-electron chi connectivity index (χ2n) is 9.47. The molecule has 0 nitrogen and oxygen atoms in total. The Kier molecular flexibility index (Phi) is 3.41. The van der Waals surface area contributed by atoms with Gasteiger partial charge in [-0.2, -0.15) is 0 Å². The van der Waals surface area contributed by atoms with Crippen molar-refractivity contribution in [3.8, 4) is 0 Å². The molecule has 0 aromatic rings. The highest BCUT2D eigenvalue weighted by Crippen LogP contribution is 2.65. The average molecular weight is 299 g/mol. The molecule has 122 valence electrons. The van der Waals surface area contributed by atoms with Crippen molar-refractivity contribution in [2.24, 2.45) is 34.5 Å². The van der Waals surface area contributed by atoms with Crippen LogP contribution in [-0.4, -0.2) is 0 Å². The summed E-state index contributed by atoms with van der Waals surface area (Å²) in [4.78, 5) is 0. The minimum atomic E-state index is 0.520. The van der Waals surface area contributed by atoms with E-state index in [2.05, 4.69) is 39.8 Å². The van der Waals surface area contributed by atoms with Crippen LogP contribution < -0.4 is 0 Å². The molecule has 0 saturated heterocycles. The first-order valence-corrected chi connectivity index (χ1v) is 9.87. The van der Waals surface area contributed by atoms with Crippen LogP contribution in [0.15, 0.2) is 23.3 Å². The van der Waals surface area contributed by atoms with E-state index in [9.17, 15) is 0 Å². The van der Waals surface area contributed by atoms with Gasteiger partial charge in [0.25, 0.3) is 0 Å². The lowest BCUT2D eigenvalue weighted by Crippen LogP contribution is -2.49. The minimum absolute atomic E-state index is 0.520. The summed E-state index contributed by atoms with van der Waals surface area (Å²) < 4.78 is 0. The van der Waals surface area contributed by atoms with Gasteiger partial charge in [0.15, 0.2) is 0 Å². The van der Waals surface area contributed by atoms with E-state index in [-0.39, 0.29) is 0 Å². The van der Waals surface area contributed by atoms with Gasteiger partial charge in [-0.05, 0) is 79.4 Å². The molecule has 5 atom stereocenters. The molecular weight excluding hydrogens is 264 g/mol. The molecule has 0 heterocycles. The van der Waals surface area contributed by atoms with E-state index in [0.717, 1.165) is 23.7 Å². The normalized spacial score (nSPS) is 47.4. The summed E-state index contributed by atoms with van der Waals surface area (Å²) in [6.45, 7) is 10.1. The molecule has 0 radical (unpaired) electrons. The van der Waals surface area contributed by atoms with E-state index >= 15 is 0 Å². The zero-order valence-electron chi connectivity index (χ0n) is 15.1. The number of hydrogen-bond donors (Lipinski definition) is 0. The Balaban J connectivity index is 1.67. The Bertz CT molecular complexity index is 522. The van der Waals surface area contributed by atoms with Gasteiger partial charge >= 0.3 is 0 Å². The van der Waals surface area contributed by atoms with Crippen LogP contribution in [0.4, 0.5) is 0 Å². The molecule has 0 amide bonds. The van der Waals surface area contributed by atoms with Crippen molar-refractivity contribution >= 4 is 0 Å². The fraction of sp³-hybridized carbons (Fsp3) is 0.818. The Morgan fingerprint density at radius 3 is 2.55 bits per heavy atom. The summed E-state index contributed by atoms with van der Waals surface area (Å²) in [5.74, 6) is 3.61. The van der Waals surface area contributed by atoms with Crippen LogP contribution in [0.1, 0.15) is 79.1 Å². The van der Waals surface area contributed by atoms with E-state index in [1.54, 1.807) is 5.57 Å². The Morgan fingerprint density at radius 1 is 0.955 bits per heavy atom. The van der Waals surface area contributed by atoms with Gasteiger partial charge in [0.1, 0.15) is 0 Å². The van der Waals surface area contributed by atoms with Crippen LogP contribution in [0.5, 0.6) is 0 Å². The standard InChI is InChI=1S/C22H34/c1-15(2)18-10-11-19-17-9-8-16-7-5-6-13-21(16,3)20(17)12-14-22(18,19)4/h8,10,15,17,19-20H,5-7,9,11-14H2,1-4H3/t17-,19-,20-,21-,22+/m0/s1. The molecule has 4 aliphatic rings. The second-order valence-corrected chi connectivity index (χ2v) is 9.47. The molecule has 0 bridgehead atoms. The fourth-order valence-electron chi connectivity index (χ4n) is 7.19. The van der Waals surface area contributed by atoms with Crippen molar-refractivity contribution in [3.05, 3.63) is 23.3 Å². The zero-order valence-corrected chi connectivity index (χ0v) is 15.1. The first kappa shape index (κ1) is 15.0. The Labute approximate surface area is 137 Å². The molecule has 0 spiro atoms. The highest BCUT2D eigenvalue weighted by atomic mass is 14.6. The highest BCUT2D eigenvalue weighted by molar-refractivity contribution is 5.30. The molecule has 22 heavy (non-hydrogen) atoms. The summed E-state index contributed by atoms with van der Waals surface area (Å²) >= 11 is 0. The number of rotatable bonds is 1. The van der Waals surface area contributed by atoms with E-state index in [0.29, 0.717) is 10.8 Å². The van der Waals surface area contributed by atoms with Crippen LogP contribution in [0.3, 0.4) is 0 Å². The molecule has 4 aliphatic carbocycles. The quantitative estimate of drug-likeness (QED) is 0.483. The third kappa shape index (κ3) is 1.88. The van der Waals surface area contributed by atoms with E-state index in [1.165, 1.54) is 51.4 Å². The third-order valence-corrected chi connectivity index (χ3v) is 8.28. The lowest BCUT2D eigenvalue weighted by Gasteiger charge is -2.57. The molecule has 0 N–H and O–H groups in total. The fourth-order valence-corrected chi connectivity index (χ4v) is 7.19. The van der Waals surface area contributed by atoms with Crippen molar-refractivity contribution in [2.45, 2.75) is 79.1 Å². The smallest absolute Gasteiger partial charge is 0.00797 e. The van der Waals surface area contributed by atoms with Crippen LogP contribution in [0.2, 0.25) is 0 Å². The van der Waals surface area contributed by atoms with E-state index in [4.69, 9.17) is 0 Å². The molecular formula is C22H34. The number of hydrogen-bond acceptors (Lipinski definition) is 0.